The van der Waals surface area contributed by atoms with Crippen LogP contribution in [-0.4, -0.2) is 36.0 Å². The first-order chi connectivity index (χ1) is 8.11. The van der Waals surface area contributed by atoms with Crippen molar-refractivity contribution in [1.29, 1.82) is 0 Å². The molecule has 0 aromatic rings. The summed E-state index contributed by atoms with van der Waals surface area (Å²) < 4.78 is 0. The van der Waals surface area contributed by atoms with Crippen molar-refractivity contribution in [3.05, 3.63) is 0 Å². The van der Waals surface area contributed by atoms with E-state index in [1.54, 1.807) is 0 Å². The lowest BCUT2D eigenvalue weighted by Gasteiger charge is -2.46. The lowest BCUT2D eigenvalue weighted by Crippen LogP contribution is -2.48. The lowest BCUT2D eigenvalue weighted by molar-refractivity contribution is 0.0480. The van der Waals surface area contributed by atoms with Gasteiger partial charge in [-0.25, -0.2) is 0 Å². The van der Waals surface area contributed by atoms with Crippen molar-refractivity contribution < 1.29 is 10.2 Å². The first-order valence-corrected chi connectivity index (χ1v) is 7.07. The second-order valence-corrected chi connectivity index (χ2v) is 8.12. The van der Waals surface area contributed by atoms with Crippen molar-refractivity contribution in [2.24, 2.45) is 16.2 Å². The summed E-state index contributed by atoms with van der Waals surface area (Å²) in [6.07, 6.45) is 3.60. The Morgan fingerprint density at radius 1 is 1.06 bits per heavy atom. The van der Waals surface area contributed by atoms with E-state index in [0.717, 1.165) is 0 Å². The standard InChI is InChI=1S/C15H31NO2/c1-13(2)6-12(7-14(3,4)8-13)16-9-15(5,10-17)11-18/h12,16-18H,6-11H2,1-5H3. The van der Waals surface area contributed by atoms with E-state index in [1.807, 2.05) is 6.92 Å². The van der Waals surface area contributed by atoms with Gasteiger partial charge < -0.3 is 15.5 Å². The monoisotopic (exact) mass is 257 g/mol. The molecule has 1 aliphatic rings. The summed E-state index contributed by atoms with van der Waals surface area (Å²) in [6, 6.07) is 0.487. The third-order valence-corrected chi connectivity index (χ3v) is 4.14. The number of rotatable bonds is 5. The van der Waals surface area contributed by atoms with Crippen molar-refractivity contribution >= 4 is 0 Å². The van der Waals surface area contributed by atoms with Crippen LogP contribution in [0.4, 0.5) is 0 Å². The molecule has 1 rings (SSSR count). The first kappa shape index (κ1) is 15.9. The Balaban J connectivity index is 2.57. The molecule has 3 nitrogen and oxygen atoms in total. The Morgan fingerprint density at radius 2 is 1.50 bits per heavy atom. The predicted molar refractivity (Wildman–Crippen MR) is 75.5 cm³/mol. The molecule has 3 heteroatoms. The Labute approximate surface area is 112 Å². The molecule has 18 heavy (non-hydrogen) atoms. The molecule has 0 atom stereocenters. The molecule has 1 saturated carbocycles. The van der Waals surface area contributed by atoms with Gasteiger partial charge in [-0.3, -0.25) is 0 Å². The molecule has 3 N–H and O–H groups in total. The first-order valence-electron chi connectivity index (χ1n) is 7.07. The molecule has 1 aliphatic carbocycles. The van der Waals surface area contributed by atoms with Gasteiger partial charge in [-0.05, 0) is 30.1 Å². The molecule has 0 unspecified atom stereocenters. The van der Waals surface area contributed by atoms with Crippen LogP contribution in [0, 0.1) is 16.2 Å². The van der Waals surface area contributed by atoms with Crippen LogP contribution in [0.15, 0.2) is 0 Å². The van der Waals surface area contributed by atoms with E-state index >= 15 is 0 Å². The third-order valence-electron chi connectivity index (χ3n) is 4.14. The molecule has 1 fully saturated rings. The van der Waals surface area contributed by atoms with Crippen LogP contribution < -0.4 is 5.32 Å². The van der Waals surface area contributed by atoms with Gasteiger partial charge in [0.2, 0.25) is 0 Å². The topological polar surface area (TPSA) is 52.5 Å². The van der Waals surface area contributed by atoms with Gasteiger partial charge in [0.15, 0.2) is 0 Å². The number of hydrogen-bond acceptors (Lipinski definition) is 3. The quantitative estimate of drug-likeness (QED) is 0.707. The fourth-order valence-electron chi connectivity index (χ4n) is 3.54. The minimum Gasteiger partial charge on any atom is -0.396 e. The summed E-state index contributed by atoms with van der Waals surface area (Å²) in [7, 11) is 0. The van der Waals surface area contributed by atoms with Gasteiger partial charge in [0.1, 0.15) is 0 Å². The highest BCUT2D eigenvalue weighted by Crippen LogP contribution is 2.45. The van der Waals surface area contributed by atoms with Crippen molar-refractivity contribution in [1.82, 2.24) is 5.32 Å². The molecule has 0 aromatic heterocycles. The van der Waals surface area contributed by atoms with Crippen LogP contribution in [-0.2, 0) is 0 Å². The van der Waals surface area contributed by atoms with E-state index in [2.05, 4.69) is 33.0 Å². The van der Waals surface area contributed by atoms with Crippen molar-refractivity contribution in [3.63, 3.8) is 0 Å². The summed E-state index contributed by atoms with van der Waals surface area (Å²) in [4.78, 5) is 0. The number of aliphatic hydroxyl groups is 2. The highest BCUT2D eigenvalue weighted by Gasteiger charge is 2.38. The molecule has 0 spiro atoms. The second-order valence-electron chi connectivity index (χ2n) is 8.12. The summed E-state index contributed by atoms with van der Waals surface area (Å²) in [5.41, 5.74) is 0.328. The van der Waals surface area contributed by atoms with E-state index in [0.29, 0.717) is 23.4 Å². The Bertz CT molecular complexity index is 254. The van der Waals surface area contributed by atoms with Crippen LogP contribution in [0.1, 0.15) is 53.9 Å². The number of nitrogens with one attached hydrogen (secondary N) is 1. The normalized spacial score (nSPS) is 24.2. The van der Waals surface area contributed by atoms with Gasteiger partial charge in [0.25, 0.3) is 0 Å². The van der Waals surface area contributed by atoms with Gasteiger partial charge in [0, 0.05) is 18.0 Å². The van der Waals surface area contributed by atoms with Crippen LogP contribution in [0.3, 0.4) is 0 Å². The largest absolute Gasteiger partial charge is 0.396 e. The maximum atomic E-state index is 9.32. The van der Waals surface area contributed by atoms with Gasteiger partial charge in [0.05, 0.1) is 13.2 Å². The molecular weight excluding hydrogens is 226 g/mol. The average Bonchev–Trinajstić information content (AvgIpc) is 2.22. The maximum Gasteiger partial charge on any atom is 0.0518 e. The molecule has 0 heterocycles. The zero-order valence-electron chi connectivity index (χ0n) is 12.7. The van der Waals surface area contributed by atoms with Gasteiger partial charge in [-0.2, -0.15) is 0 Å². The Morgan fingerprint density at radius 3 is 1.89 bits per heavy atom. The van der Waals surface area contributed by atoms with E-state index in [1.165, 1.54) is 19.3 Å². The summed E-state index contributed by atoms with van der Waals surface area (Å²) >= 11 is 0. The third kappa shape index (κ3) is 4.52. The highest BCUT2D eigenvalue weighted by molar-refractivity contribution is 4.93. The molecule has 0 amide bonds. The van der Waals surface area contributed by atoms with E-state index in [-0.39, 0.29) is 13.2 Å². The molecule has 0 radical (unpaired) electrons. The zero-order valence-corrected chi connectivity index (χ0v) is 12.7. The van der Waals surface area contributed by atoms with Crippen LogP contribution in [0.5, 0.6) is 0 Å². The summed E-state index contributed by atoms with van der Waals surface area (Å²) in [5, 5.41) is 22.2. The summed E-state index contributed by atoms with van der Waals surface area (Å²) in [5.74, 6) is 0. The molecular formula is C15H31NO2. The van der Waals surface area contributed by atoms with E-state index in [4.69, 9.17) is 0 Å². The van der Waals surface area contributed by atoms with Gasteiger partial charge in [-0.15, -0.1) is 0 Å². The Kier molecular flexibility index (Phi) is 4.85. The van der Waals surface area contributed by atoms with E-state index < -0.39 is 5.41 Å². The van der Waals surface area contributed by atoms with Crippen LogP contribution >= 0.6 is 0 Å². The fraction of sp³-hybridized carbons (Fsp3) is 1.00. The van der Waals surface area contributed by atoms with Crippen molar-refractivity contribution in [2.45, 2.75) is 59.9 Å². The number of hydrogen-bond donors (Lipinski definition) is 3. The fourth-order valence-corrected chi connectivity index (χ4v) is 3.54. The molecule has 0 aliphatic heterocycles. The smallest absolute Gasteiger partial charge is 0.0518 e. The SMILES string of the molecule is CC1(C)CC(NCC(C)(CO)CO)CC(C)(C)C1. The molecule has 0 aromatic carbocycles. The minimum absolute atomic E-state index is 0.0238. The van der Waals surface area contributed by atoms with Gasteiger partial charge >= 0.3 is 0 Å². The van der Waals surface area contributed by atoms with Gasteiger partial charge in [-0.1, -0.05) is 34.6 Å². The van der Waals surface area contributed by atoms with Crippen molar-refractivity contribution in [3.8, 4) is 0 Å². The summed E-state index contributed by atoms with van der Waals surface area (Å²) in [6.45, 7) is 12.0. The molecule has 0 saturated heterocycles. The lowest BCUT2D eigenvalue weighted by atomic mass is 9.63. The highest BCUT2D eigenvalue weighted by atomic mass is 16.3. The van der Waals surface area contributed by atoms with E-state index in [9.17, 15) is 10.2 Å². The molecule has 0 bridgehead atoms. The molecule has 108 valence electrons. The van der Waals surface area contributed by atoms with Crippen LogP contribution in [0.25, 0.3) is 0 Å². The zero-order chi connectivity index (χ0) is 14.0. The predicted octanol–water partition coefficient (Wildman–Crippen LogP) is 2.17. The maximum absolute atomic E-state index is 9.32. The van der Waals surface area contributed by atoms with Crippen LogP contribution in [0.2, 0.25) is 0 Å². The Hall–Kier alpha value is -0.120. The van der Waals surface area contributed by atoms with Crippen molar-refractivity contribution in [2.75, 3.05) is 19.8 Å². The average molecular weight is 257 g/mol. The number of aliphatic hydroxyl groups excluding tert-OH is 2. The minimum atomic E-state index is -0.411. The second kappa shape index (κ2) is 5.48.